The fourth-order valence-corrected chi connectivity index (χ4v) is 2.01. The number of epoxide rings is 1. The van der Waals surface area contributed by atoms with Crippen LogP contribution in [0.2, 0.25) is 5.02 Å². The van der Waals surface area contributed by atoms with E-state index in [0.717, 1.165) is 5.56 Å². The number of rotatable bonds is 2. The number of halogens is 1. The Balaban J connectivity index is 2.12. The zero-order chi connectivity index (χ0) is 14.3. The number of benzene rings is 1. The van der Waals surface area contributed by atoms with Crippen molar-refractivity contribution in [2.75, 3.05) is 11.9 Å². The third-order valence-corrected chi connectivity index (χ3v) is 3.09. The van der Waals surface area contributed by atoms with Crippen molar-refractivity contribution in [2.24, 2.45) is 0 Å². The van der Waals surface area contributed by atoms with E-state index in [0.29, 0.717) is 17.3 Å². The van der Waals surface area contributed by atoms with E-state index < -0.39 is 11.7 Å². The second-order valence-corrected chi connectivity index (χ2v) is 6.25. The molecule has 5 heteroatoms. The molecule has 1 atom stereocenters. The van der Waals surface area contributed by atoms with Crippen molar-refractivity contribution >= 4 is 23.4 Å². The van der Waals surface area contributed by atoms with Crippen LogP contribution in [0.25, 0.3) is 0 Å². The number of hydrogen-bond acceptors (Lipinski definition) is 3. The Morgan fingerprint density at radius 1 is 1.47 bits per heavy atom. The van der Waals surface area contributed by atoms with Crippen molar-refractivity contribution in [1.82, 2.24) is 0 Å². The van der Waals surface area contributed by atoms with E-state index in [1.807, 2.05) is 33.8 Å². The van der Waals surface area contributed by atoms with Gasteiger partial charge in [0.1, 0.15) is 11.2 Å². The van der Waals surface area contributed by atoms with Crippen LogP contribution in [-0.4, -0.2) is 18.3 Å². The Labute approximate surface area is 118 Å². The van der Waals surface area contributed by atoms with Crippen molar-refractivity contribution in [1.29, 1.82) is 0 Å². The van der Waals surface area contributed by atoms with Crippen LogP contribution in [0.1, 0.15) is 33.3 Å². The highest BCUT2D eigenvalue weighted by Crippen LogP contribution is 2.42. The molecule has 0 aliphatic carbocycles. The Kier molecular flexibility index (Phi) is 3.49. The van der Waals surface area contributed by atoms with E-state index >= 15 is 0 Å². The number of nitrogens with one attached hydrogen (secondary N) is 1. The monoisotopic (exact) mass is 283 g/mol. The van der Waals surface area contributed by atoms with Crippen molar-refractivity contribution in [2.45, 2.75) is 38.9 Å². The molecule has 19 heavy (non-hydrogen) atoms. The molecule has 0 spiro atoms. The Morgan fingerprint density at radius 2 is 2.11 bits per heavy atom. The van der Waals surface area contributed by atoms with Crippen LogP contribution in [0, 0.1) is 0 Å². The highest BCUT2D eigenvalue weighted by Gasteiger charge is 2.42. The summed E-state index contributed by atoms with van der Waals surface area (Å²) in [7, 11) is 0. The average molecular weight is 284 g/mol. The SMILES string of the molecule is CC(C)(C)OC(=O)Nc1ccc(Cl)c(C2(C)CO2)c1. The highest BCUT2D eigenvalue weighted by atomic mass is 35.5. The van der Waals surface area contributed by atoms with Gasteiger partial charge in [-0.15, -0.1) is 0 Å². The minimum atomic E-state index is -0.523. The summed E-state index contributed by atoms with van der Waals surface area (Å²) in [5, 5.41) is 3.32. The first-order valence-electron chi connectivity index (χ1n) is 6.14. The molecule has 1 unspecified atom stereocenters. The lowest BCUT2D eigenvalue weighted by Gasteiger charge is -2.20. The lowest BCUT2D eigenvalue weighted by molar-refractivity contribution is 0.0636. The molecule has 4 nitrogen and oxygen atoms in total. The molecule has 1 N–H and O–H groups in total. The molecule has 0 bridgehead atoms. The van der Waals surface area contributed by atoms with Crippen LogP contribution >= 0.6 is 11.6 Å². The minimum Gasteiger partial charge on any atom is -0.444 e. The van der Waals surface area contributed by atoms with Crippen LogP contribution in [0.15, 0.2) is 18.2 Å². The number of hydrogen-bond donors (Lipinski definition) is 1. The molecule has 0 saturated carbocycles. The molecule has 0 aromatic heterocycles. The van der Waals surface area contributed by atoms with Crippen LogP contribution < -0.4 is 5.32 Å². The molecule has 0 radical (unpaired) electrons. The maximum atomic E-state index is 11.7. The summed E-state index contributed by atoms with van der Waals surface area (Å²) >= 11 is 6.14. The first-order valence-corrected chi connectivity index (χ1v) is 6.51. The quantitative estimate of drug-likeness (QED) is 0.837. The Hall–Kier alpha value is -1.26. The summed E-state index contributed by atoms with van der Waals surface area (Å²) in [5.74, 6) is 0. The van der Waals surface area contributed by atoms with Gasteiger partial charge in [-0.25, -0.2) is 4.79 Å². The van der Waals surface area contributed by atoms with Gasteiger partial charge in [-0.05, 0) is 45.9 Å². The van der Waals surface area contributed by atoms with Gasteiger partial charge in [0.15, 0.2) is 0 Å². The zero-order valence-electron chi connectivity index (χ0n) is 11.5. The predicted octanol–water partition coefficient (Wildman–Crippen LogP) is 3.93. The molecular weight excluding hydrogens is 266 g/mol. The van der Waals surface area contributed by atoms with Gasteiger partial charge in [-0.1, -0.05) is 11.6 Å². The van der Waals surface area contributed by atoms with Gasteiger partial charge in [0.05, 0.1) is 6.61 Å². The largest absolute Gasteiger partial charge is 0.444 e. The van der Waals surface area contributed by atoms with E-state index in [1.165, 1.54) is 0 Å². The summed E-state index contributed by atoms with van der Waals surface area (Å²) < 4.78 is 10.6. The van der Waals surface area contributed by atoms with E-state index in [4.69, 9.17) is 21.1 Å². The lowest BCUT2D eigenvalue weighted by atomic mass is 10.0. The van der Waals surface area contributed by atoms with Crippen molar-refractivity contribution < 1.29 is 14.3 Å². The highest BCUT2D eigenvalue weighted by molar-refractivity contribution is 6.31. The molecule has 1 fully saturated rings. The van der Waals surface area contributed by atoms with Gasteiger partial charge < -0.3 is 9.47 Å². The third-order valence-electron chi connectivity index (χ3n) is 2.76. The van der Waals surface area contributed by atoms with Crippen LogP contribution in [0.3, 0.4) is 0 Å². The Bertz CT molecular complexity index is 504. The van der Waals surface area contributed by atoms with Gasteiger partial charge in [-0.2, -0.15) is 0 Å². The minimum absolute atomic E-state index is 0.331. The number of anilines is 1. The molecule has 1 aromatic rings. The maximum Gasteiger partial charge on any atom is 0.412 e. The van der Waals surface area contributed by atoms with Gasteiger partial charge >= 0.3 is 6.09 Å². The fourth-order valence-electron chi connectivity index (χ4n) is 1.69. The van der Waals surface area contributed by atoms with Crippen molar-refractivity contribution in [3.05, 3.63) is 28.8 Å². The number of carbonyl (C=O) groups excluding carboxylic acids is 1. The summed E-state index contributed by atoms with van der Waals surface area (Å²) in [4.78, 5) is 11.7. The van der Waals surface area contributed by atoms with E-state index in [1.54, 1.807) is 12.1 Å². The van der Waals surface area contributed by atoms with Crippen LogP contribution in [-0.2, 0) is 15.1 Å². The van der Waals surface area contributed by atoms with Crippen LogP contribution in [0.4, 0.5) is 10.5 Å². The Morgan fingerprint density at radius 3 is 2.63 bits per heavy atom. The van der Waals surface area contributed by atoms with E-state index in [2.05, 4.69) is 5.32 Å². The number of carbonyl (C=O) groups is 1. The van der Waals surface area contributed by atoms with E-state index in [-0.39, 0.29) is 5.60 Å². The van der Waals surface area contributed by atoms with Crippen molar-refractivity contribution in [3.8, 4) is 0 Å². The first-order chi connectivity index (χ1) is 8.70. The molecule has 104 valence electrons. The standard InChI is InChI=1S/C14H18ClNO3/c1-13(2,3)19-12(17)16-9-5-6-11(15)10(7-9)14(4)8-18-14/h5-7H,8H2,1-4H3,(H,16,17). The zero-order valence-corrected chi connectivity index (χ0v) is 12.3. The topological polar surface area (TPSA) is 50.9 Å². The number of amides is 1. The van der Waals surface area contributed by atoms with Gasteiger partial charge in [0, 0.05) is 16.3 Å². The van der Waals surface area contributed by atoms with Gasteiger partial charge in [0.2, 0.25) is 0 Å². The van der Waals surface area contributed by atoms with Crippen molar-refractivity contribution in [3.63, 3.8) is 0 Å². The molecular formula is C14H18ClNO3. The number of ether oxygens (including phenoxy) is 2. The second kappa shape index (κ2) is 4.69. The van der Waals surface area contributed by atoms with Crippen LogP contribution in [0.5, 0.6) is 0 Å². The molecule has 1 heterocycles. The average Bonchev–Trinajstić information content (AvgIpc) is 2.97. The molecule has 1 aromatic carbocycles. The molecule has 1 amide bonds. The first kappa shape index (κ1) is 14.2. The van der Waals surface area contributed by atoms with Gasteiger partial charge in [0.25, 0.3) is 0 Å². The predicted molar refractivity (Wildman–Crippen MR) is 74.6 cm³/mol. The van der Waals surface area contributed by atoms with Gasteiger partial charge in [-0.3, -0.25) is 5.32 Å². The second-order valence-electron chi connectivity index (χ2n) is 5.84. The maximum absolute atomic E-state index is 11.7. The fraction of sp³-hybridized carbons (Fsp3) is 0.500. The summed E-state index contributed by atoms with van der Waals surface area (Å²) in [6.07, 6.45) is -0.484. The molecule has 1 saturated heterocycles. The normalized spacial score (nSPS) is 21.9. The third kappa shape index (κ3) is 3.61. The molecule has 1 aliphatic heterocycles. The summed E-state index contributed by atoms with van der Waals surface area (Å²) in [6, 6.07) is 5.30. The summed E-state index contributed by atoms with van der Waals surface area (Å²) in [6.45, 7) is 8.06. The lowest BCUT2D eigenvalue weighted by Crippen LogP contribution is -2.27. The molecule has 1 aliphatic rings. The molecule has 2 rings (SSSR count). The summed E-state index contributed by atoms with van der Waals surface area (Å²) in [5.41, 5.74) is 0.668. The van der Waals surface area contributed by atoms with E-state index in [9.17, 15) is 4.79 Å². The smallest absolute Gasteiger partial charge is 0.412 e.